The fourth-order valence-corrected chi connectivity index (χ4v) is 2.90. The van der Waals surface area contributed by atoms with Crippen molar-refractivity contribution in [1.29, 1.82) is 0 Å². The highest BCUT2D eigenvalue weighted by Crippen LogP contribution is 2.33. The zero-order valence-corrected chi connectivity index (χ0v) is 14.0. The van der Waals surface area contributed by atoms with Gasteiger partial charge in [0.1, 0.15) is 0 Å². The van der Waals surface area contributed by atoms with Crippen molar-refractivity contribution < 1.29 is 4.92 Å². The maximum absolute atomic E-state index is 10.8. The first kappa shape index (κ1) is 16.4. The van der Waals surface area contributed by atoms with Crippen LogP contribution in [0.2, 0.25) is 5.02 Å². The number of hydrazone groups is 1. The number of non-ortho nitro benzene ring substituents is 1. The van der Waals surface area contributed by atoms with Gasteiger partial charge < -0.3 is 5.73 Å². The average molecular weight is 361 g/mol. The zero-order valence-electron chi connectivity index (χ0n) is 12.4. The van der Waals surface area contributed by atoms with Crippen molar-refractivity contribution in [1.82, 2.24) is 5.01 Å². The van der Waals surface area contributed by atoms with Crippen LogP contribution in [0.25, 0.3) is 0 Å². The van der Waals surface area contributed by atoms with Crippen LogP contribution in [0.15, 0.2) is 53.6 Å². The van der Waals surface area contributed by atoms with Crippen LogP contribution in [0, 0.1) is 10.1 Å². The predicted molar refractivity (Wildman–Crippen MR) is 97.1 cm³/mol. The smallest absolute Gasteiger partial charge is 0.269 e. The predicted octanol–water partition coefficient (Wildman–Crippen LogP) is 3.64. The second-order valence-electron chi connectivity index (χ2n) is 5.30. The molecule has 1 aliphatic rings. The maximum Gasteiger partial charge on any atom is 0.269 e. The first-order valence-corrected chi connectivity index (χ1v) is 7.91. The first-order chi connectivity index (χ1) is 11.5. The fourth-order valence-electron chi connectivity index (χ4n) is 2.61. The van der Waals surface area contributed by atoms with E-state index in [1.54, 1.807) is 29.3 Å². The number of benzene rings is 2. The molecular weight excluding hydrogens is 348 g/mol. The van der Waals surface area contributed by atoms with Gasteiger partial charge >= 0.3 is 0 Å². The maximum atomic E-state index is 10.8. The summed E-state index contributed by atoms with van der Waals surface area (Å²) in [5, 5.41) is 17.7. The Labute approximate surface area is 148 Å². The quantitative estimate of drug-likeness (QED) is 0.513. The van der Waals surface area contributed by atoms with Gasteiger partial charge in [0.15, 0.2) is 5.11 Å². The molecule has 2 N–H and O–H groups in total. The lowest BCUT2D eigenvalue weighted by Gasteiger charge is -2.21. The number of thiocarbonyl (C=S) groups is 1. The van der Waals surface area contributed by atoms with Crippen LogP contribution >= 0.6 is 23.8 Å². The van der Waals surface area contributed by atoms with E-state index >= 15 is 0 Å². The molecule has 0 aliphatic carbocycles. The Hall–Kier alpha value is -2.51. The molecule has 122 valence electrons. The molecule has 1 unspecified atom stereocenters. The summed E-state index contributed by atoms with van der Waals surface area (Å²) in [6, 6.07) is 13.6. The first-order valence-electron chi connectivity index (χ1n) is 7.12. The normalized spacial score (nSPS) is 16.8. The van der Waals surface area contributed by atoms with E-state index in [9.17, 15) is 10.1 Å². The molecule has 0 radical (unpaired) electrons. The highest BCUT2D eigenvalue weighted by molar-refractivity contribution is 7.80. The summed E-state index contributed by atoms with van der Waals surface area (Å²) in [6.45, 7) is 0. The SMILES string of the molecule is NC(=S)N1N=C(c2ccc([N+](=O)[O-])cc2)CC1c1ccc(Cl)cc1. The van der Waals surface area contributed by atoms with E-state index in [1.165, 1.54) is 12.1 Å². The molecule has 0 bridgehead atoms. The van der Waals surface area contributed by atoms with Crippen LogP contribution < -0.4 is 5.73 Å². The van der Waals surface area contributed by atoms with Gasteiger partial charge in [0.05, 0.1) is 16.7 Å². The summed E-state index contributed by atoms with van der Waals surface area (Å²) in [4.78, 5) is 10.3. The molecule has 1 atom stereocenters. The monoisotopic (exact) mass is 360 g/mol. The number of hydrogen-bond acceptors (Lipinski definition) is 4. The molecule has 0 spiro atoms. The number of halogens is 1. The highest BCUT2D eigenvalue weighted by Gasteiger charge is 2.30. The molecule has 3 rings (SSSR count). The molecule has 0 amide bonds. The molecular formula is C16H13ClN4O2S. The lowest BCUT2D eigenvalue weighted by molar-refractivity contribution is -0.384. The minimum Gasteiger partial charge on any atom is -0.375 e. The van der Waals surface area contributed by atoms with Crippen LogP contribution in [0.5, 0.6) is 0 Å². The Morgan fingerprint density at radius 2 is 1.88 bits per heavy atom. The van der Waals surface area contributed by atoms with Gasteiger partial charge in [-0.15, -0.1) is 0 Å². The second kappa shape index (κ2) is 6.54. The van der Waals surface area contributed by atoms with Crippen molar-refractivity contribution in [3.8, 4) is 0 Å². The lowest BCUT2D eigenvalue weighted by atomic mass is 9.98. The Balaban J connectivity index is 1.90. The molecule has 0 saturated heterocycles. The van der Waals surface area contributed by atoms with Gasteiger partial charge in [0.25, 0.3) is 5.69 Å². The van der Waals surface area contributed by atoms with Crippen LogP contribution in [-0.2, 0) is 0 Å². The summed E-state index contributed by atoms with van der Waals surface area (Å²) in [7, 11) is 0. The number of nitro groups is 1. The molecule has 0 aromatic heterocycles. The van der Waals surface area contributed by atoms with E-state index < -0.39 is 4.92 Å². The van der Waals surface area contributed by atoms with Crippen molar-refractivity contribution in [2.45, 2.75) is 12.5 Å². The van der Waals surface area contributed by atoms with Gasteiger partial charge in [0.2, 0.25) is 0 Å². The number of rotatable bonds is 3. The summed E-state index contributed by atoms with van der Waals surface area (Å²) in [6.07, 6.45) is 0.594. The largest absolute Gasteiger partial charge is 0.375 e. The minimum atomic E-state index is -0.432. The Bertz CT molecular complexity index is 821. The van der Waals surface area contributed by atoms with Crippen molar-refractivity contribution in [3.63, 3.8) is 0 Å². The summed E-state index contributed by atoms with van der Waals surface area (Å²) < 4.78 is 0. The van der Waals surface area contributed by atoms with E-state index in [0.717, 1.165) is 16.8 Å². The third-order valence-electron chi connectivity index (χ3n) is 3.80. The highest BCUT2D eigenvalue weighted by atomic mass is 35.5. The van der Waals surface area contributed by atoms with E-state index in [1.807, 2.05) is 12.1 Å². The van der Waals surface area contributed by atoms with Gasteiger partial charge in [0, 0.05) is 23.6 Å². The van der Waals surface area contributed by atoms with Crippen LogP contribution in [0.3, 0.4) is 0 Å². The summed E-state index contributed by atoms with van der Waals surface area (Å²) in [5.41, 5.74) is 8.41. The van der Waals surface area contributed by atoms with E-state index in [4.69, 9.17) is 29.6 Å². The van der Waals surface area contributed by atoms with Gasteiger partial charge in [-0.3, -0.25) is 10.1 Å². The average Bonchev–Trinajstić information content (AvgIpc) is 3.01. The third kappa shape index (κ3) is 3.22. The molecule has 1 aliphatic heterocycles. The Morgan fingerprint density at radius 3 is 2.42 bits per heavy atom. The standard InChI is InChI=1S/C16H13ClN4O2S/c17-12-5-1-11(2-6-12)15-9-14(19-20(15)16(18)24)10-3-7-13(8-4-10)21(22)23/h1-8,15H,9H2,(H2,18,24). The van der Waals surface area contributed by atoms with E-state index in [2.05, 4.69) is 5.10 Å². The Morgan fingerprint density at radius 1 is 1.25 bits per heavy atom. The van der Waals surface area contributed by atoms with Gasteiger partial charge in [-0.2, -0.15) is 5.10 Å². The topological polar surface area (TPSA) is 84.8 Å². The van der Waals surface area contributed by atoms with Crippen LogP contribution in [-0.4, -0.2) is 20.8 Å². The van der Waals surface area contributed by atoms with Crippen LogP contribution in [0.4, 0.5) is 5.69 Å². The molecule has 0 saturated carbocycles. The fraction of sp³-hybridized carbons (Fsp3) is 0.125. The number of nitrogens with zero attached hydrogens (tertiary/aromatic N) is 3. The molecule has 6 nitrogen and oxygen atoms in total. The molecule has 24 heavy (non-hydrogen) atoms. The minimum absolute atomic E-state index is 0.0396. The van der Waals surface area contributed by atoms with Crippen molar-refractivity contribution >= 4 is 40.3 Å². The van der Waals surface area contributed by atoms with Crippen molar-refractivity contribution in [2.24, 2.45) is 10.8 Å². The molecule has 2 aromatic rings. The van der Waals surface area contributed by atoms with Gasteiger partial charge in [-0.1, -0.05) is 23.7 Å². The molecule has 2 aromatic carbocycles. The van der Waals surface area contributed by atoms with Gasteiger partial charge in [-0.05, 0) is 47.6 Å². The molecule has 0 fully saturated rings. The van der Waals surface area contributed by atoms with Crippen molar-refractivity contribution in [2.75, 3.05) is 0 Å². The van der Waals surface area contributed by atoms with E-state index in [-0.39, 0.29) is 16.8 Å². The Kier molecular flexibility index (Phi) is 4.46. The molecule has 8 heteroatoms. The van der Waals surface area contributed by atoms with Gasteiger partial charge in [-0.25, -0.2) is 5.01 Å². The number of hydrogen-bond donors (Lipinski definition) is 1. The summed E-state index contributed by atoms with van der Waals surface area (Å²) >= 11 is 11.0. The molecule has 1 heterocycles. The zero-order chi connectivity index (χ0) is 17.3. The van der Waals surface area contributed by atoms with Crippen molar-refractivity contribution in [3.05, 3.63) is 74.8 Å². The summed E-state index contributed by atoms with van der Waals surface area (Å²) in [5.74, 6) is 0. The second-order valence-corrected chi connectivity index (χ2v) is 6.16. The third-order valence-corrected chi connectivity index (χ3v) is 4.24. The van der Waals surface area contributed by atoms with E-state index in [0.29, 0.717) is 11.4 Å². The lowest BCUT2D eigenvalue weighted by Crippen LogP contribution is -2.31. The number of nitro benzene ring substituents is 1. The number of nitrogens with two attached hydrogens (primary N) is 1. The van der Waals surface area contributed by atoms with Crippen LogP contribution in [0.1, 0.15) is 23.6 Å².